The number of halogens is 2. The summed E-state index contributed by atoms with van der Waals surface area (Å²) in [7, 11) is 0. The molecule has 1 nitrogen and oxygen atoms in total. The van der Waals surface area contributed by atoms with Crippen LogP contribution >= 0.6 is 31.9 Å². The van der Waals surface area contributed by atoms with E-state index in [1.807, 2.05) is 24.3 Å². The minimum atomic E-state index is -0.0825. The fraction of sp³-hybridized carbons (Fsp3) is 0. The summed E-state index contributed by atoms with van der Waals surface area (Å²) < 4.78 is 24.4. The van der Waals surface area contributed by atoms with Crippen molar-refractivity contribution in [2.24, 2.45) is 0 Å². The number of hydrogen-bond acceptors (Lipinski definition) is 1. The number of benzene rings is 1. The minimum Gasteiger partial charge on any atom is -0.263 e. The van der Waals surface area contributed by atoms with Crippen molar-refractivity contribution in [2.75, 3.05) is 0 Å². The molecule has 1 heterocycles. The van der Waals surface area contributed by atoms with Crippen LogP contribution in [0.5, 0.6) is 0 Å². The monoisotopic (exact) mass is 314 g/mol. The van der Waals surface area contributed by atoms with Gasteiger partial charge in [0, 0.05) is 26.9 Å². The molecular formula is C11H7Br2N. The largest absolute Gasteiger partial charge is 0.263 e. The third-order valence-corrected chi connectivity index (χ3v) is 2.59. The van der Waals surface area contributed by atoms with Crippen molar-refractivity contribution in [1.29, 1.82) is 0 Å². The first-order chi connectivity index (χ1) is 8.00. The Morgan fingerprint density at radius 1 is 0.929 bits per heavy atom. The number of hydrogen-bond donors (Lipinski definition) is 0. The maximum atomic E-state index is 7.93. The number of pyridine rings is 1. The molecule has 0 aliphatic rings. The van der Waals surface area contributed by atoms with Gasteiger partial charge >= 0.3 is 0 Å². The molecule has 0 unspecified atom stereocenters. The van der Waals surface area contributed by atoms with E-state index in [1.165, 1.54) is 0 Å². The number of nitrogens with zero attached hydrogens (tertiary/aromatic N) is 1. The third kappa shape index (κ3) is 2.22. The quantitative estimate of drug-likeness (QED) is 0.765. The molecule has 0 fully saturated rings. The Morgan fingerprint density at radius 3 is 2.36 bits per heavy atom. The van der Waals surface area contributed by atoms with Gasteiger partial charge < -0.3 is 0 Å². The summed E-state index contributed by atoms with van der Waals surface area (Å²) in [6.45, 7) is 0. The molecule has 0 radical (unpaired) electrons. The van der Waals surface area contributed by atoms with E-state index < -0.39 is 0 Å². The molecule has 0 saturated heterocycles. The van der Waals surface area contributed by atoms with Gasteiger partial charge in [-0.2, -0.15) is 0 Å². The fourth-order valence-electron chi connectivity index (χ4n) is 1.05. The first kappa shape index (κ1) is 6.75. The van der Waals surface area contributed by atoms with E-state index in [9.17, 15) is 0 Å². The summed E-state index contributed by atoms with van der Waals surface area (Å²) in [6.07, 6.45) is -0.133. The maximum absolute atomic E-state index is 7.93. The van der Waals surface area contributed by atoms with E-state index in [-0.39, 0.29) is 18.4 Å². The van der Waals surface area contributed by atoms with Crippen LogP contribution in [-0.4, -0.2) is 4.98 Å². The molecule has 14 heavy (non-hydrogen) atoms. The fourth-order valence-corrected chi connectivity index (χ4v) is 1.60. The van der Waals surface area contributed by atoms with E-state index in [1.54, 1.807) is 0 Å². The molecule has 0 N–H and O–H groups in total. The lowest BCUT2D eigenvalue weighted by Crippen LogP contribution is -1.79. The predicted molar refractivity (Wildman–Crippen MR) is 65.1 cm³/mol. The van der Waals surface area contributed by atoms with Crippen molar-refractivity contribution in [2.45, 2.75) is 0 Å². The third-order valence-electron chi connectivity index (χ3n) is 1.69. The van der Waals surface area contributed by atoms with Crippen LogP contribution in [0.15, 0.2) is 51.6 Å². The molecule has 0 aliphatic carbocycles. The van der Waals surface area contributed by atoms with Crippen LogP contribution in [0.1, 0.15) is 4.11 Å². The predicted octanol–water partition coefficient (Wildman–Crippen LogP) is 4.27. The Kier molecular flexibility index (Phi) is 2.04. The van der Waals surface area contributed by atoms with Gasteiger partial charge in [-0.25, -0.2) is 0 Å². The zero-order valence-corrected chi connectivity index (χ0v) is 10.2. The van der Waals surface area contributed by atoms with Crippen molar-refractivity contribution < 1.29 is 4.11 Å². The Bertz CT molecular complexity index is 570. The molecule has 70 valence electrons. The zero-order valence-electron chi connectivity index (χ0n) is 10.0. The highest BCUT2D eigenvalue weighted by molar-refractivity contribution is 9.10. The molecule has 0 aliphatic heterocycles. The molecule has 3 heteroatoms. The highest BCUT2D eigenvalue weighted by Gasteiger charge is 1.98. The highest BCUT2D eigenvalue weighted by Crippen LogP contribution is 2.23. The minimum absolute atomic E-state index is 0.0504. The Hall–Kier alpha value is -0.670. The molecule has 1 aromatic heterocycles. The van der Waals surface area contributed by atoms with Crippen LogP contribution in [0.4, 0.5) is 0 Å². The molecule has 1 aromatic carbocycles. The molecule has 0 spiro atoms. The molecule has 2 aromatic rings. The van der Waals surface area contributed by atoms with E-state index in [4.69, 9.17) is 4.11 Å². The van der Waals surface area contributed by atoms with Crippen LogP contribution in [0.3, 0.4) is 0 Å². The Morgan fingerprint density at radius 2 is 1.64 bits per heavy atom. The maximum Gasteiger partial charge on any atom is 0.0852 e. The second-order valence-electron chi connectivity index (χ2n) is 2.66. The van der Waals surface area contributed by atoms with E-state index in [0.29, 0.717) is 10.0 Å². The molecule has 0 saturated carbocycles. The second kappa shape index (κ2) is 4.24. The van der Waals surface area contributed by atoms with E-state index in [0.717, 1.165) is 10.0 Å². The summed E-state index contributed by atoms with van der Waals surface area (Å²) in [5.41, 5.74) is 1.18. The topological polar surface area (TPSA) is 12.9 Å². The van der Waals surface area contributed by atoms with Gasteiger partial charge in [0.05, 0.1) is 4.11 Å². The van der Waals surface area contributed by atoms with Crippen molar-refractivity contribution in [3.8, 4) is 11.1 Å². The lowest BCUT2D eigenvalue weighted by atomic mass is 10.1. The first-order valence-electron chi connectivity index (χ1n) is 5.40. The smallest absolute Gasteiger partial charge is 0.0852 e. The Balaban J connectivity index is 2.67. The summed E-state index contributed by atoms with van der Waals surface area (Å²) in [5.74, 6) is 0. The van der Waals surface area contributed by atoms with E-state index in [2.05, 4.69) is 36.8 Å². The number of rotatable bonds is 1. The van der Waals surface area contributed by atoms with Crippen LogP contribution in [0.25, 0.3) is 11.1 Å². The molecule has 0 atom stereocenters. The van der Waals surface area contributed by atoms with Crippen molar-refractivity contribution in [3.05, 3.63) is 51.6 Å². The molecule has 0 amide bonds. The van der Waals surface area contributed by atoms with Gasteiger partial charge in [-0.1, -0.05) is 28.1 Å². The van der Waals surface area contributed by atoms with Crippen LogP contribution in [-0.2, 0) is 0 Å². The van der Waals surface area contributed by atoms with Crippen molar-refractivity contribution >= 4 is 31.9 Å². The standard InChI is InChI=1S/C11H7Br2N/c12-10-3-1-8(2-4-10)9-5-11(13)7-14-6-9/h1-7H/i5D,6D,7D. The molecule has 0 bridgehead atoms. The summed E-state index contributed by atoms with van der Waals surface area (Å²) in [6, 6.07) is 7.44. The van der Waals surface area contributed by atoms with Gasteiger partial charge in [0.15, 0.2) is 0 Å². The average molecular weight is 316 g/mol. The second-order valence-corrected chi connectivity index (χ2v) is 4.36. The van der Waals surface area contributed by atoms with Gasteiger partial charge in [-0.15, -0.1) is 0 Å². The molecular weight excluding hydrogens is 306 g/mol. The zero-order chi connectivity index (χ0) is 12.6. The lowest BCUT2D eigenvalue weighted by Gasteiger charge is -2.01. The van der Waals surface area contributed by atoms with E-state index >= 15 is 0 Å². The number of aromatic nitrogens is 1. The molecule has 2 rings (SSSR count). The van der Waals surface area contributed by atoms with Gasteiger partial charge in [-0.3, -0.25) is 4.98 Å². The van der Waals surface area contributed by atoms with Crippen LogP contribution < -0.4 is 0 Å². The van der Waals surface area contributed by atoms with Crippen LogP contribution in [0, 0.1) is 0 Å². The van der Waals surface area contributed by atoms with Gasteiger partial charge in [-0.05, 0) is 39.7 Å². The summed E-state index contributed by atoms with van der Waals surface area (Å²) >= 11 is 6.48. The van der Waals surface area contributed by atoms with Gasteiger partial charge in [0.1, 0.15) is 0 Å². The first-order valence-corrected chi connectivity index (χ1v) is 5.48. The van der Waals surface area contributed by atoms with Crippen molar-refractivity contribution in [1.82, 2.24) is 4.98 Å². The van der Waals surface area contributed by atoms with Gasteiger partial charge in [0.25, 0.3) is 0 Å². The summed E-state index contributed by atoms with van der Waals surface area (Å²) in [4.78, 5) is 3.79. The normalized spacial score (nSPS) is 13.1. The van der Waals surface area contributed by atoms with Crippen LogP contribution in [0.2, 0.25) is 0 Å². The Labute approximate surface area is 104 Å². The lowest BCUT2D eigenvalue weighted by molar-refractivity contribution is 1.31. The van der Waals surface area contributed by atoms with Gasteiger partial charge in [0.2, 0.25) is 0 Å². The average Bonchev–Trinajstić information content (AvgIpc) is 2.29. The summed E-state index contributed by atoms with van der Waals surface area (Å²) in [5, 5.41) is 0. The van der Waals surface area contributed by atoms with Crippen molar-refractivity contribution in [3.63, 3.8) is 0 Å². The SMILES string of the molecule is [2H]c1nc([2H])c(-c2ccc(Br)cc2)c([2H])c1Br. The highest BCUT2D eigenvalue weighted by atomic mass is 79.9.